The van der Waals surface area contributed by atoms with Crippen LogP contribution in [0.15, 0.2) is 67.1 Å². The van der Waals surface area contributed by atoms with E-state index in [2.05, 4.69) is 71.1 Å². The third kappa shape index (κ3) is 5.06. The zero-order valence-corrected chi connectivity index (χ0v) is 15.2. The van der Waals surface area contributed by atoms with Crippen LogP contribution in [0.4, 0.5) is 0 Å². The molecule has 0 unspecified atom stereocenters. The largest absolute Gasteiger partial charge is 0.303 e. The van der Waals surface area contributed by atoms with Gasteiger partial charge < -0.3 is 4.57 Å². The first-order chi connectivity index (χ1) is 12.4. The fraction of sp³-hybridized carbons (Fsp3) is 0.348. The van der Waals surface area contributed by atoms with E-state index in [9.17, 15) is 0 Å². The smallest absolute Gasteiger partial charge is 0.0994 e. The minimum absolute atomic E-state index is 1.00. The highest BCUT2D eigenvalue weighted by Crippen LogP contribution is 2.16. The van der Waals surface area contributed by atoms with Gasteiger partial charge in [0.25, 0.3) is 0 Å². The first kappa shape index (κ1) is 17.5. The Labute approximate surface area is 151 Å². The van der Waals surface area contributed by atoms with Crippen LogP contribution < -0.4 is 0 Å². The van der Waals surface area contributed by atoms with E-state index in [0.717, 1.165) is 12.8 Å². The van der Waals surface area contributed by atoms with Gasteiger partial charge in [0.1, 0.15) is 0 Å². The van der Waals surface area contributed by atoms with Crippen LogP contribution in [0.2, 0.25) is 0 Å². The molecule has 1 heterocycles. The summed E-state index contributed by atoms with van der Waals surface area (Å²) >= 11 is 0. The Morgan fingerprint density at radius 3 is 2.28 bits per heavy atom. The molecule has 2 aromatic carbocycles. The summed E-state index contributed by atoms with van der Waals surface area (Å²) in [6, 6.07) is 19.6. The molecule has 25 heavy (non-hydrogen) atoms. The lowest BCUT2D eigenvalue weighted by atomic mass is 10.1. The Kier molecular flexibility index (Phi) is 6.44. The molecule has 0 aliphatic heterocycles. The van der Waals surface area contributed by atoms with Crippen LogP contribution in [0.1, 0.15) is 49.4 Å². The third-order valence-corrected chi connectivity index (χ3v) is 4.76. The number of hydrogen-bond acceptors (Lipinski definition) is 1. The summed E-state index contributed by atoms with van der Waals surface area (Å²) in [5.74, 6) is 0. The van der Waals surface area contributed by atoms with Crippen LogP contribution in [0, 0.1) is 0 Å². The quantitative estimate of drug-likeness (QED) is 0.454. The summed E-state index contributed by atoms with van der Waals surface area (Å²) in [5.41, 5.74) is 5.28. The van der Waals surface area contributed by atoms with Gasteiger partial charge >= 0.3 is 0 Å². The van der Waals surface area contributed by atoms with E-state index in [4.69, 9.17) is 0 Å². The van der Waals surface area contributed by atoms with E-state index >= 15 is 0 Å². The standard InChI is InChI=1S/C23H28N2/c1-2-3-4-6-11-21-12-15-22(16-13-21)25-19-24-18-23(25)17-14-20-9-7-5-8-10-20/h5,7-10,12-13,15-16,18-19H,2-4,6,11,14,17H2,1H3. The first-order valence-electron chi connectivity index (χ1n) is 9.51. The summed E-state index contributed by atoms with van der Waals surface area (Å²) < 4.78 is 2.21. The van der Waals surface area contributed by atoms with Gasteiger partial charge in [0.15, 0.2) is 0 Å². The molecular formula is C23H28N2. The van der Waals surface area contributed by atoms with Gasteiger partial charge in [-0.2, -0.15) is 0 Å². The van der Waals surface area contributed by atoms with Gasteiger partial charge in [-0.3, -0.25) is 0 Å². The molecule has 0 bridgehead atoms. The second kappa shape index (κ2) is 9.22. The molecule has 0 radical (unpaired) electrons. The average Bonchev–Trinajstić information content (AvgIpc) is 3.13. The predicted molar refractivity (Wildman–Crippen MR) is 105 cm³/mol. The van der Waals surface area contributed by atoms with Crippen LogP contribution in [0.5, 0.6) is 0 Å². The highest BCUT2D eigenvalue weighted by molar-refractivity contribution is 5.36. The van der Waals surface area contributed by atoms with Gasteiger partial charge in [-0.1, -0.05) is 68.7 Å². The SMILES string of the molecule is CCCCCCc1ccc(-n2cncc2CCc2ccccc2)cc1. The Morgan fingerprint density at radius 2 is 1.52 bits per heavy atom. The van der Waals surface area contributed by atoms with Crippen molar-refractivity contribution in [3.05, 3.63) is 83.9 Å². The maximum atomic E-state index is 4.37. The molecule has 0 N–H and O–H groups in total. The highest BCUT2D eigenvalue weighted by Gasteiger charge is 2.05. The summed E-state index contributed by atoms with van der Waals surface area (Å²) in [7, 11) is 0. The van der Waals surface area contributed by atoms with Crippen LogP contribution in [0.25, 0.3) is 5.69 Å². The molecule has 0 spiro atoms. The van der Waals surface area contributed by atoms with Crippen molar-refractivity contribution in [2.24, 2.45) is 0 Å². The van der Waals surface area contributed by atoms with Gasteiger partial charge in [0.05, 0.1) is 6.33 Å². The highest BCUT2D eigenvalue weighted by atomic mass is 15.0. The van der Waals surface area contributed by atoms with Crippen molar-refractivity contribution in [2.75, 3.05) is 0 Å². The third-order valence-electron chi connectivity index (χ3n) is 4.76. The molecule has 0 amide bonds. The molecule has 2 nitrogen and oxygen atoms in total. The minimum Gasteiger partial charge on any atom is -0.303 e. The first-order valence-corrected chi connectivity index (χ1v) is 9.51. The molecule has 1 aromatic heterocycles. The Balaban J connectivity index is 1.61. The number of hydrogen-bond donors (Lipinski definition) is 0. The molecule has 130 valence electrons. The second-order valence-corrected chi connectivity index (χ2v) is 6.72. The van der Waals surface area contributed by atoms with Crippen molar-refractivity contribution in [3.8, 4) is 5.69 Å². The van der Waals surface area contributed by atoms with E-state index in [1.54, 1.807) is 0 Å². The zero-order valence-electron chi connectivity index (χ0n) is 15.2. The lowest BCUT2D eigenvalue weighted by molar-refractivity contribution is 0.667. The van der Waals surface area contributed by atoms with Crippen LogP contribution >= 0.6 is 0 Å². The topological polar surface area (TPSA) is 17.8 Å². The molecule has 0 atom stereocenters. The van der Waals surface area contributed by atoms with Crippen molar-refractivity contribution in [3.63, 3.8) is 0 Å². The monoisotopic (exact) mass is 332 g/mol. The van der Waals surface area contributed by atoms with E-state index in [0.29, 0.717) is 0 Å². The maximum absolute atomic E-state index is 4.37. The van der Waals surface area contributed by atoms with Crippen molar-refractivity contribution < 1.29 is 0 Å². The molecular weight excluding hydrogens is 304 g/mol. The average molecular weight is 332 g/mol. The van der Waals surface area contributed by atoms with Crippen molar-refractivity contribution in [1.82, 2.24) is 9.55 Å². The van der Waals surface area contributed by atoms with Gasteiger partial charge in [0, 0.05) is 17.6 Å². The van der Waals surface area contributed by atoms with E-state index in [1.165, 1.54) is 54.6 Å². The van der Waals surface area contributed by atoms with Gasteiger partial charge in [-0.05, 0) is 48.9 Å². The van der Waals surface area contributed by atoms with Gasteiger partial charge in [-0.15, -0.1) is 0 Å². The number of aromatic nitrogens is 2. The van der Waals surface area contributed by atoms with E-state index in [1.807, 2.05) is 12.5 Å². The number of rotatable bonds is 9. The van der Waals surface area contributed by atoms with E-state index < -0.39 is 0 Å². The molecule has 0 saturated heterocycles. The molecule has 0 fully saturated rings. The summed E-state index contributed by atoms with van der Waals surface area (Å²) in [6.45, 7) is 2.26. The summed E-state index contributed by atoms with van der Waals surface area (Å²) in [4.78, 5) is 4.37. The minimum atomic E-state index is 1.00. The van der Waals surface area contributed by atoms with Crippen molar-refractivity contribution in [1.29, 1.82) is 0 Å². The Morgan fingerprint density at radius 1 is 0.760 bits per heavy atom. The molecule has 3 aromatic rings. The second-order valence-electron chi connectivity index (χ2n) is 6.72. The van der Waals surface area contributed by atoms with Crippen LogP contribution in [-0.2, 0) is 19.3 Å². The molecule has 2 heteroatoms. The van der Waals surface area contributed by atoms with Crippen molar-refractivity contribution in [2.45, 2.75) is 51.9 Å². The number of unbranched alkanes of at least 4 members (excludes halogenated alkanes) is 3. The Hall–Kier alpha value is -2.35. The molecule has 0 aliphatic carbocycles. The summed E-state index contributed by atoms with van der Waals surface area (Å²) in [6.07, 6.45) is 12.4. The number of nitrogens with zero attached hydrogens (tertiary/aromatic N) is 2. The lowest BCUT2D eigenvalue weighted by Gasteiger charge is -2.09. The summed E-state index contributed by atoms with van der Waals surface area (Å²) in [5, 5.41) is 0. The maximum Gasteiger partial charge on any atom is 0.0994 e. The van der Waals surface area contributed by atoms with Gasteiger partial charge in [0.2, 0.25) is 0 Å². The van der Waals surface area contributed by atoms with Gasteiger partial charge in [-0.25, -0.2) is 4.98 Å². The van der Waals surface area contributed by atoms with Crippen LogP contribution in [-0.4, -0.2) is 9.55 Å². The molecule has 0 aliphatic rings. The fourth-order valence-electron chi connectivity index (χ4n) is 3.24. The molecule has 3 rings (SSSR count). The van der Waals surface area contributed by atoms with E-state index in [-0.39, 0.29) is 0 Å². The normalized spacial score (nSPS) is 10.9. The predicted octanol–water partition coefficient (Wildman–Crippen LogP) is 5.78. The van der Waals surface area contributed by atoms with Crippen LogP contribution in [0.3, 0.4) is 0 Å². The number of benzene rings is 2. The molecule has 0 saturated carbocycles. The fourth-order valence-corrected chi connectivity index (χ4v) is 3.24. The van der Waals surface area contributed by atoms with Crippen molar-refractivity contribution >= 4 is 0 Å². The number of imidazole rings is 1. The number of aryl methyl sites for hydroxylation is 3. The Bertz CT molecular complexity index is 741. The lowest BCUT2D eigenvalue weighted by Crippen LogP contribution is -2.01. The zero-order chi connectivity index (χ0) is 17.3.